The Hall–Kier alpha value is -3.30. The summed E-state index contributed by atoms with van der Waals surface area (Å²) in [5.41, 5.74) is 1.41. The molecule has 0 amide bonds. The molecule has 4 rings (SSSR count). The van der Waals surface area contributed by atoms with Crippen LogP contribution in [0.1, 0.15) is 29.4 Å². The Balaban J connectivity index is 1.76. The molecular weight excluding hydrogens is 402 g/mol. The summed E-state index contributed by atoms with van der Waals surface area (Å²) < 4.78 is 16.2. The highest BCUT2D eigenvalue weighted by Gasteiger charge is 2.27. The maximum Gasteiger partial charge on any atom is 0.306 e. The molecule has 0 aliphatic carbocycles. The molecule has 1 saturated heterocycles. The van der Waals surface area contributed by atoms with Crippen LogP contribution in [0.5, 0.6) is 5.75 Å². The highest BCUT2D eigenvalue weighted by Crippen LogP contribution is 2.34. The van der Waals surface area contributed by atoms with E-state index in [4.69, 9.17) is 13.9 Å². The van der Waals surface area contributed by atoms with Crippen LogP contribution in [0.2, 0.25) is 0 Å². The van der Waals surface area contributed by atoms with Gasteiger partial charge in [0.1, 0.15) is 5.76 Å². The highest BCUT2D eigenvalue weighted by atomic mass is 16.5. The summed E-state index contributed by atoms with van der Waals surface area (Å²) in [6.07, 6.45) is 3.05. The minimum absolute atomic E-state index is 0.0319. The average Bonchev–Trinajstić information content (AvgIpc) is 2.80. The summed E-state index contributed by atoms with van der Waals surface area (Å²) in [5, 5.41) is 10.5. The van der Waals surface area contributed by atoms with E-state index in [1.165, 1.54) is 13.2 Å². The van der Waals surface area contributed by atoms with E-state index in [9.17, 15) is 14.7 Å². The third kappa shape index (κ3) is 4.73. The van der Waals surface area contributed by atoms with Crippen LogP contribution in [0.15, 0.2) is 45.9 Å². The molecule has 9 nitrogen and oxygen atoms in total. The van der Waals surface area contributed by atoms with Gasteiger partial charge in [-0.15, -0.1) is 0 Å². The van der Waals surface area contributed by atoms with Crippen molar-refractivity contribution in [2.24, 2.45) is 0 Å². The molecule has 2 aromatic heterocycles. The summed E-state index contributed by atoms with van der Waals surface area (Å²) in [7, 11) is 1.29. The van der Waals surface area contributed by atoms with Crippen LogP contribution in [0.25, 0.3) is 11.0 Å². The maximum atomic E-state index is 12.5. The molecule has 1 aliphatic heterocycles. The van der Waals surface area contributed by atoms with E-state index in [2.05, 4.69) is 14.9 Å². The second kappa shape index (κ2) is 9.23. The normalized spacial score (nSPS) is 15.6. The van der Waals surface area contributed by atoms with Crippen LogP contribution in [-0.4, -0.2) is 59.4 Å². The summed E-state index contributed by atoms with van der Waals surface area (Å²) in [6.45, 7) is 3.06. The molecule has 1 fully saturated rings. The average molecular weight is 425 g/mol. The van der Waals surface area contributed by atoms with E-state index < -0.39 is 23.1 Å². The number of nitrogens with zero attached hydrogens (tertiary/aromatic N) is 3. The van der Waals surface area contributed by atoms with Gasteiger partial charge in [-0.3, -0.25) is 24.5 Å². The molecule has 1 N–H and O–H groups in total. The summed E-state index contributed by atoms with van der Waals surface area (Å²) >= 11 is 0. The topological polar surface area (TPSA) is 115 Å². The molecule has 1 aromatic carbocycles. The van der Waals surface area contributed by atoms with Crippen molar-refractivity contribution >= 4 is 17.0 Å². The molecule has 0 bridgehead atoms. The predicted molar refractivity (Wildman–Crippen MR) is 111 cm³/mol. The van der Waals surface area contributed by atoms with Crippen molar-refractivity contribution in [1.29, 1.82) is 0 Å². The molecule has 0 spiro atoms. The van der Waals surface area contributed by atoms with Crippen molar-refractivity contribution < 1.29 is 23.8 Å². The van der Waals surface area contributed by atoms with Gasteiger partial charge in [0, 0.05) is 31.5 Å². The molecule has 1 unspecified atom stereocenters. The predicted octanol–water partition coefficient (Wildman–Crippen LogP) is 1.82. The van der Waals surface area contributed by atoms with Gasteiger partial charge >= 0.3 is 5.97 Å². The van der Waals surface area contributed by atoms with Gasteiger partial charge in [0.2, 0.25) is 11.2 Å². The van der Waals surface area contributed by atoms with Crippen molar-refractivity contribution in [1.82, 2.24) is 14.9 Å². The number of benzene rings is 1. The minimum Gasteiger partial charge on any atom is -0.502 e. The van der Waals surface area contributed by atoms with E-state index in [-0.39, 0.29) is 12.2 Å². The van der Waals surface area contributed by atoms with Crippen LogP contribution in [0.3, 0.4) is 0 Å². The maximum absolute atomic E-state index is 12.5. The van der Waals surface area contributed by atoms with Gasteiger partial charge in [-0.1, -0.05) is 6.07 Å². The number of rotatable bonds is 6. The molecular formula is C22H23N3O6. The molecule has 3 heterocycles. The number of ether oxygens (including phenoxy) is 2. The number of carbonyl (C=O) groups is 1. The van der Waals surface area contributed by atoms with Crippen LogP contribution in [0.4, 0.5) is 0 Å². The first-order chi connectivity index (χ1) is 15.0. The van der Waals surface area contributed by atoms with E-state index in [1.54, 1.807) is 30.6 Å². The lowest BCUT2D eigenvalue weighted by atomic mass is 9.91. The fraction of sp³-hybridized carbons (Fsp3) is 0.364. The Morgan fingerprint density at radius 3 is 2.68 bits per heavy atom. The van der Waals surface area contributed by atoms with Gasteiger partial charge in [0.15, 0.2) is 5.76 Å². The lowest BCUT2D eigenvalue weighted by molar-refractivity contribution is -0.140. The number of esters is 1. The van der Waals surface area contributed by atoms with Gasteiger partial charge in [-0.2, -0.15) is 0 Å². The third-order valence-electron chi connectivity index (χ3n) is 5.29. The standard InChI is InChI=1S/C22H23N3O6/c1-29-20(27)12-16(14-2-3-17-18(10-14)24-5-4-23-17)22-21(28)19(26)11-15(31-22)13-25-6-8-30-9-7-25/h2-5,10-11,16,28H,6-9,12-13H2,1H3. The first-order valence-electron chi connectivity index (χ1n) is 9.98. The van der Waals surface area contributed by atoms with Crippen LogP contribution in [0, 0.1) is 0 Å². The van der Waals surface area contributed by atoms with Crippen molar-refractivity contribution in [3.05, 3.63) is 64.0 Å². The first kappa shape index (κ1) is 21.0. The largest absolute Gasteiger partial charge is 0.502 e. The van der Waals surface area contributed by atoms with Crippen LogP contribution >= 0.6 is 0 Å². The van der Waals surface area contributed by atoms with Crippen LogP contribution in [-0.2, 0) is 20.8 Å². The number of hydrogen-bond donors (Lipinski definition) is 1. The summed E-state index contributed by atoms with van der Waals surface area (Å²) in [4.78, 5) is 35.3. The van der Waals surface area contributed by atoms with Crippen molar-refractivity contribution in [2.45, 2.75) is 18.9 Å². The van der Waals surface area contributed by atoms with Gasteiger partial charge in [-0.25, -0.2) is 0 Å². The molecule has 0 saturated carbocycles. The van der Waals surface area contributed by atoms with E-state index >= 15 is 0 Å². The van der Waals surface area contributed by atoms with Gasteiger partial charge in [0.05, 0.1) is 50.2 Å². The first-order valence-corrected chi connectivity index (χ1v) is 9.98. The van der Waals surface area contributed by atoms with Gasteiger partial charge in [0.25, 0.3) is 0 Å². The fourth-order valence-electron chi connectivity index (χ4n) is 3.66. The molecule has 3 aromatic rings. The van der Waals surface area contributed by atoms with Crippen molar-refractivity contribution in [3.63, 3.8) is 0 Å². The van der Waals surface area contributed by atoms with E-state index in [0.717, 1.165) is 13.1 Å². The number of fused-ring (bicyclic) bond motifs is 1. The van der Waals surface area contributed by atoms with Crippen molar-refractivity contribution in [2.75, 3.05) is 33.4 Å². The summed E-state index contributed by atoms with van der Waals surface area (Å²) in [6, 6.07) is 6.60. The molecule has 1 atom stereocenters. The zero-order chi connectivity index (χ0) is 21.8. The zero-order valence-corrected chi connectivity index (χ0v) is 17.1. The SMILES string of the molecule is COC(=O)CC(c1ccc2nccnc2c1)c1oc(CN2CCOCC2)cc(=O)c1O. The molecule has 162 valence electrons. The number of carbonyl (C=O) groups excluding carboxylic acids is 1. The Bertz CT molecular complexity index is 1140. The number of morpholine rings is 1. The Kier molecular flexibility index (Phi) is 6.24. The number of aromatic hydroxyl groups is 1. The highest BCUT2D eigenvalue weighted by molar-refractivity contribution is 5.76. The molecule has 0 radical (unpaired) electrons. The molecule has 31 heavy (non-hydrogen) atoms. The number of aromatic nitrogens is 2. The number of hydrogen-bond acceptors (Lipinski definition) is 9. The van der Waals surface area contributed by atoms with E-state index in [1.807, 2.05) is 0 Å². The summed E-state index contributed by atoms with van der Waals surface area (Å²) in [5.74, 6) is -1.29. The lowest BCUT2D eigenvalue weighted by Crippen LogP contribution is -2.35. The Morgan fingerprint density at radius 2 is 1.94 bits per heavy atom. The lowest BCUT2D eigenvalue weighted by Gasteiger charge is -2.26. The Morgan fingerprint density at radius 1 is 1.19 bits per heavy atom. The second-order valence-electron chi connectivity index (χ2n) is 7.32. The third-order valence-corrected chi connectivity index (χ3v) is 5.29. The number of methoxy groups -OCH3 is 1. The van der Waals surface area contributed by atoms with Gasteiger partial charge < -0.3 is 19.0 Å². The Labute approximate surface area is 178 Å². The monoisotopic (exact) mass is 425 g/mol. The molecule has 9 heteroatoms. The van der Waals surface area contributed by atoms with Gasteiger partial charge in [-0.05, 0) is 17.7 Å². The fourth-order valence-corrected chi connectivity index (χ4v) is 3.66. The van der Waals surface area contributed by atoms with E-state index in [0.29, 0.717) is 42.1 Å². The van der Waals surface area contributed by atoms with Crippen LogP contribution < -0.4 is 5.43 Å². The second-order valence-corrected chi connectivity index (χ2v) is 7.32. The smallest absolute Gasteiger partial charge is 0.306 e. The minimum atomic E-state index is -0.726. The van der Waals surface area contributed by atoms with Crippen molar-refractivity contribution in [3.8, 4) is 5.75 Å². The zero-order valence-electron chi connectivity index (χ0n) is 17.1. The molecule has 1 aliphatic rings. The quantitative estimate of drug-likeness (QED) is 0.591.